The van der Waals surface area contributed by atoms with E-state index in [2.05, 4.69) is 21.7 Å². The van der Waals surface area contributed by atoms with Crippen molar-refractivity contribution in [2.24, 2.45) is 0 Å². The van der Waals surface area contributed by atoms with E-state index in [1.54, 1.807) is 6.20 Å². The summed E-state index contributed by atoms with van der Waals surface area (Å²) in [5.74, 6) is 0.734. The Labute approximate surface area is 147 Å². The van der Waals surface area contributed by atoms with Crippen LogP contribution in [0.3, 0.4) is 0 Å². The van der Waals surface area contributed by atoms with Crippen molar-refractivity contribution >= 4 is 23.1 Å². The number of hydrogen-bond donors (Lipinski definition) is 2. The maximum absolute atomic E-state index is 12.0. The number of anilines is 3. The van der Waals surface area contributed by atoms with E-state index in [4.69, 9.17) is 0 Å². The van der Waals surface area contributed by atoms with Crippen LogP contribution in [-0.4, -0.2) is 10.9 Å². The largest absolute Gasteiger partial charge is 0.340 e. The first-order chi connectivity index (χ1) is 12.2. The maximum atomic E-state index is 12.0. The van der Waals surface area contributed by atoms with E-state index in [9.17, 15) is 4.79 Å². The van der Waals surface area contributed by atoms with Crippen LogP contribution in [-0.2, 0) is 11.2 Å². The molecular formula is C21H21N3O. The normalized spacial score (nSPS) is 10.3. The van der Waals surface area contributed by atoms with Gasteiger partial charge in [-0.1, -0.05) is 42.5 Å². The first-order valence-corrected chi connectivity index (χ1v) is 8.32. The Morgan fingerprint density at radius 3 is 2.52 bits per heavy atom. The highest BCUT2D eigenvalue weighted by molar-refractivity contribution is 5.90. The molecule has 3 aromatic rings. The number of amides is 1. The van der Waals surface area contributed by atoms with Crippen LogP contribution < -0.4 is 10.6 Å². The fraction of sp³-hybridized carbons (Fsp3) is 0.143. The molecule has 0 radical (unpaired) electrons. The van der Waals surface area contributed by atoms with Crippen LogP contribution in [0.25, 0.3) is 0 Å². The number of pyridine rings is 1. The number of nitrogens with zero attached hydrogens (tertiary/aromatic N) is 1. The van der Waals surface area contributed by atoms with Crippen LogP contribution in [0.4, 0.5) is 17.2 Å². The van der Waals surface area contributed by atoms with Gasteiger partial charge in [0.15, 0.2) is 0 Å². The topological polar surface area (TPSA) is 54.0 Å². The number of benzene rings is 2. The van der Waals surface area contributed by atoms with Crippen LogP contribution >= 0.6 is 0 Å². The smallest absolute Gasteiger partial charge is 0.224 e. The summed E-state index contributed by atoms with van der Waals surface area (Å²) in [5, 5.41) is 6.13. The number of aryl methyl sites for hydroxylation is 2. The van der Waals surface area contributed by atoms with Crippen molar-refractivity contribution < 1.29 is 4.79 Å². The zero-order valence-electron chi connectivity index (χ0n) is 14.2. The van der Waals surface area contributed by atoms with Gasteiger partial charge in [-0.25, -0.2) is 4.98 Å². The first kappa shape index (κ1) is 16.7. The summed E-state index contributed by atoms with van der Waals surface area (Å²) in [6.07, 6.45) is 2.85. The standard InChI is InChI=1S/C21H21N3O/c1-16-6-5-9-18(14-16)23-20-12-11-19(15-22-20)24-21(25)13-10-17-7-3-2-4-8-17/h2-9,11-12,14-15H,10,13H2,1H3,(H,22,23)(H,24,25). The Morgan fingerprint density at radius 1 is 0.960 bits per heavy atom. The van der Waals surface area contributed by atoms with Crippen LogP contribution in [0.15, 0.2) is 72.9 Å². The van der Waals surface area contributed by atoms with Gasteiger partial charge in [-0.05, 0) is 48.7 Å². The predicted octanol–water partition coefficient (Wildman–Crippen LogP) is 4.70. The third-order valence-electron chi connectivity index (χ3n) is 3.82. The van der Waals surface area contributed by atoms with E-state index in [0.29, 0.717) is 12.1 Å². The second-order valence-corrected chi connectivity index (χ2v) is 5.96. The summed E-state index contributed by atoms with van der Waals surface area (Å²) in [5.41, 5.74) is 4.04. The van der Waals surface area contributed by atoms with Crippen LogP contribution in [0.2, 0.25) is 0 Å². The van der Waals surface area contributed by atoms with Gasteiger partial charge in [-0.15, -0.1) is 0 Å². The molecule has 2 aromatic carbocycles. The van der Waals surface area contributed by atoms with E-state index >= 15 is 0 Å². The fourth-order valence-corrected chi connectivity index (χ4v) is 2.54. The molecule has 1 aromatic heterocycles. The highest BCUT2D eigenvalue weighted by atomic mass is 16.1. The van der Waals surface area contributed by atoms with Gasteiger partial charge in [0.2, 0.25) is 5.91 Å². The molecule has 25 heavy (non-hydrogen) atoms. The molecule has 0 fully saturated rings. The quantitative estimate of drug-likeness (QED) is 0.688. The van der Waals surface area contributed by atoms with E-state index in [0.717, 1.165) is 23.5 Å². The summed E-state index contributed by atoms with van der Waals surface area (Å²) < 4.78 is 0. The van der Waals surface area contributed by atoms with Crippen molar-refractivity contribution in [3.05, 3.63) is 84.1 Å². The molecule has 0 spiro atoms. The molecule has 1 amide bonds. The number of carbonyl (C=O) groups is 1. The summed E-state index contributed by atoms with van der Waals surface area (Å²) in [6.45, 7) is 2.05. The Bertz CT molecular complexity index is 829. The number of aromatic nitrogens is 1. The molecule has 0 aliphatic carbocycles. The number of nitrogens with one attached hydrogen (secondary N) is 2. The molecule has 0 bridgehead atoms. The first-order valence-electron chi connectivity index (χ1n) is 8.32. The Balaban J connectivity index is 1.52. The Morgan fingerprint density at radius 2 is 1.80 bits per heavy atom. The zero-order chi connectivity index (χ0) is 17.5. The van der Waals surface area contributed by atoms with Gasteiger partial charge < -0.3 is 10.6 Å². The summed E-state index contributed by atoms with van der Waals surface area (Å²) in [6, 6.07) is 21.8. The van der Waals surface area contributed by atoms with Crippen molar-refractivity contribution in [1.82, 2.24) is 4.98 Å². The molecule has 0 saturated carbocycles. The molecule has 126 valence electrons. The van der Waals surface area contributed by atoms with Crippen molar-refractivity contribution in [1.29, 1.82) is 0 Å². The van der Waals surface area contributed by atoms with Crippen molar-refractivity contribution in [3.63, 3.8) is 0 Å². The third-order valence-corrected chi connectivity index (χ3v) is 3.82. The van der Waals surface area contributed by atoms with Crippen LogP contribution in [0.1, 0.15) is 17.5 Å². The molecule has 4 nitrogen and oxygen atoms in total. The average molecular weight is 331 g/mol. The lowest BCUT2D eigenvalue weighted by molar-refractivity contribution is -0.116. The minimum atomic E-state index is -0.00922. The van der Waals surface area contributed by atoms with Gasteiger partial charge in [-0.2, -0.15) is 0 Å². The average Bonchev–Trinajstić information content (AvgIpc) is 2.63. The van der Waals surface area contributed by atoms with Gasteiger partial charge in [-0.3, -0.25) is 4.79 Å². The highest BCUT2D eigenvalue weighted by Crippen LogP contribution is 2.17. The fourth-order valence-electron chi connectivity index (χ4n) is 2.54. The van der Waals surface area contributed by atoms with E-state index in [-0.39, 0.29) is 5.91 Å². The van der Waals surface area contributed by atoms with Gasteiger partial charge in [0.25, 0.3) is 0 Å². The molecule has 3 rings (SSSR count). The molecule has 4 heteroatoms. The number of carbonyl (C=O) groups excluding carboxylic acids is 1. The maximum Gasteiger partial charge on any atom is 0.224 e. The summed E-state index contributed by atoms with van der Waals surface area (Å²) in [7, 11) is 0. The van der Waals surface area contributed by atoms with Gasteiger partial charge >= 0.3 is 0 Å². The third kappa shape index (κ3) is 5.18. The van der Waals surface area contributed by atoms with E-state index in [1.165, 1.54) is 5.56 Å². The molecule has 1 heterocycles. The second-order valence-electron chi connectivity index (χ2n) is 5.96. The number of rotatable bonds is 6. The molecule has 0 aliphatic rings. The number of hydrogen-bond acceptors (Lipinski definition) is 3. The SMILES string of the molecule is Cc1cccc(Nc2ccc(NC(=O)CCc3ccccc3)cn2)c1. The molecule has 0 aliphatic heterocycles. The molecule has 0 unspecified atom stereocenters. The van der Waals surface area contributed by atoms with Crippen molar-refractivity contribution in [3.8, 4) is 0 Å². The lowest BCUT2D eigenvalue weighted by Gasteiger charge is -2.08. The van der Waals surface area contributed by atoms with E-state index in [1.807, 2.05) is 67.6 Å². The summed E-state index contributed by atoms with van der Waals surface area (Å²) >= 11 is 0. The van der Waals surface area contributed by atoms with Crippen molar-refractivity contribution in [2.75, 3.05) is 10.6 Å². The molecule has 2 N–H and O–H groups in total. The zero-order valence-corrected chi connectivity index (χ0v) is 14.2. The molecule has 0 atom stereocenters. The molecule has 0 saturated heterocycles. The lowest BCUT2D eigenvalue weighted by atomic mass is 10.1. The summed E-state index contributed by atoms with van der Waals surface area (Å²) in [4.78, 5) is 16.4. The Hall–Kier alpha value is -3.14. The van der Waals surface area contributed by atoms with Crippen LogP contribution in [0, 0.1) is 6.92 Å². The lowest BCUT2D eigenvalue weighted by Crippen LogP contribution is -2.12. The van der Waals surface area contributed by atoms with Gasteiger partial charge in [0.05, 0.1) is 11.9 Å². The predicted molar refractivity (Wildman–Crippen MR) is 102 cm³/mol. The second kappa shape index (κ2) is 8.11. The Kier molecular flexibility index (Phi) is 5.42. The highest BCUT2D eigenvalue weighted by Gasteiger charge is 2.04. The van der Waals surface area contributed by atoms with Gasteiger partial charge in [0.1, 0.15) is 5.82 Å². The van der Waals surface area contributed by atoms with Crippen molar-refractivity contribution in [2.45, 2.75) is 19.8 Å². The van der Waals surface area contributed by atoms with Crippen LogP contribution in [0.5, 0.6) is 0 Å². The van der Waals surface area contributed by atoms with Gasteiger partial charge in [0, 0.05) is 12.1 Å². The van der Waals surface area contributed by atoms with E-state index < -0.39 is 0 Å². The monoisotopic (exact) mass is 331 g/mol. The minimum Gasteiger partial charge on any atom is -0.340 e. The molecular weight excluding hydrogens is 310 g/mol. The minimum absolute atomic E-state index is 0.00922.